The molecule has 0 saturated carbocycles. The minimum atomic E-state index is -0.694. The highest BCUT2D eigenvalue weighted by atomic mass is 32.2. The van der Waals surface area contributed by atoms with Crippen molar-refractivity contribution in [1.82, 2.24) is 10.2 Å². The van der Waals surface area contributed by atoms with Crippen LogP contribution in [0.4, 0.5) is 11.4 Å². The number of thioether (sulfide) groups is 1. The molecule has 0 fully saturated rings. The number of benzene rings is 3. The van der Waals surface area contributed by atoms with Crippen molar-refractivity contribution in [2.24, 2.45) is 9.98 Å². The molecule has 2 N–H and O–H groups in total. The van der Waals surface area contributed by atoms with Gasteiger partial charge in [-0.3, -0.25) is 19.3 Å². The van der Waals surface area contributed by atoms with E-state index in [0.717, 1.165) is 17.5 Å². The number of carbonyl (C=O) groups excluding carboxylic acids is 3. The van der Waals surface area contributed by atoms with E-state index in [4.69, 9.17) is 14.5 Å². The van der Waals surface area contributed by atoms with Gasteiger partial charge in [-0.2, -0.15) is 4.99 Å². The van der Waals surface area contributed by atoms with Crippen LogP contribution in [0.2, 0.25) is 0 Å². The number of hydrogen-bond acceptors (Lipinski definition) is 8. The number of amides is 3. The van der Waals surface area contributed by atoms with Gasteiger partial charge in [0.1, 0.15) is 23.4 Å². The molecule has 11 heteroatoms. The van der Waals surface area contributed by atoms with E-state index in [-0.39, 0.29) is 36.3 Å². The zero-order chi connectivity index (χ0) is 29.5. The number of methoxy groups -OCH3 is 2. The van der Waals surface area contributed by atoms with Crippen LogP contribution in [0.25, 0.3) is 0 Å². The number of nitrogens with zero attached hydrogens (tertiary/aromatic N) is 3. The molecule has 2 aliphatic rings. The lowest BCUT2D eigenvalue weighted by atomic mass is 10.1. The lowest BCUT2D eigenvalue weighted by Crippen LogP contribution is -2.44. The van der Waals surface area contributed by atoms with Crippen molar-refractivity contribution < 1.29 is 23.9 Å². The highest BCUT2D eigenvalue weighted by molar-refractivity contribution is 8.14. The normalized spacial score (nSPS) is 15.2. The summed E-state index contributed by atoms with van der Waals surface area (Å²) < 4.78 is 10.6. The molecule has 3 amide bonds. The molecule has 3 aromatic rings. The van der Waals surface area contributed by atoms with Crippen molar-refractivity contribution in [2.75, 3.05) is 31.8 Å². The molecule has 0 spiro atoms. The van der Waals surface area contributed by atoms with Crippen molar-refractivity contribution in [3.8, 4) is 11.5 Å². The maximum absolute atomic E-state index is 13.1. The van der Waals surface area contributed by atoms with Crippen molar-refractivity contribution in [3.05, 3.63) is 83.9 Å². The maximum atomic E-state index is 13.1. The highest BCUT2D eigenvalue weighted by Gasteiger charge is 2.41. The third-order valence-corrected chi connectivity index (χ3v) is 7.80. The SMILES string of the molecule is COc1ccc(OC)c(NC(=O)CSC2=Nc3ccccc3C3=NC(=O)C(CCC(=O)NCCc4ccccc4)N23)c1. The Kier molecular flexibility index (Phi) is 9.18. The first-order chi connectivity index (χ1) is 20.5. The van der Waals surface area contributed by atoms with Crippen LogP contribution in [0.15, 0.2) is 82.8 Å². The Morgan fingerprint density at radius 2 is 1.74 bits per heavy atom. The molecule has 216 valence electrons. The number of aliphatic imine (C=N–C) groups is 2. The number of carbonyl (C=O) groups is 3. The van der Waals surface area contributed by atoms with Crippen molar-refractivity contribution in [1.29, 1.82) is 0 Å². The van der Waals surface area contributed by atoms with Gasteiger partial charge < -0.3 is 20.1 Å². The molecular weight excluding hydrogens is 554 g/mol. The van der Waals surface area contributed by atoms with Crippen molar-refractivity contribution in [3.63, 3.8) is 0 Å². The molecule has 42 heavy (non-hydrogen) atoms. The van der Waals surface area contributed by atoms with Crippen LogP contribution in [0.3, 0.4) is 0 Å². The molecule has 2 aliphatic heterocycles. The summed E-state index contributed by atoms with van der Waals surface area (Å²) >= 11 is 1.20. The lowest BCUT2D eigenvalue weighted by molar-refractivity contribution is -0.122. The fraction of sp³-hybridized carbons (Fsp3) is 0.258. The molecule has 0 aromatic heterocycles. The van der Waals surface area contributed by atoms with Crippen LogP contribution in [0, 0.1) is 0 Å². The largest absolute Gasteiger partial charge is 0.497 e. The first-order valence-corrected chi connectivity index (χ1v) is 14.5. The third-order valence-electron chi connectivity index (χ3n) is 6.84. The third kappa shape index (κ3) is 6.63. The molecule has 3 aromatic carbocycles. The second-order valence-corrected chi connectivity index (χ2v) is 10.5. The first-order valence-electron chi connectivity index (χ1n) is 13.5. The van der Waals surface area contributed by atoms with Crippen molar-refractivity contribution >= 4 is 51.9 Å². The summed E-state index contributed by atoms with van der Waals surface area (Å²) in [4.78, 5) is 49.6. The Hall–Kier alpha value is -4.64. The fourth-order valence-electron chi connectivity index (χ4n) is 4.75. The topological polar surface area (TPSA) is 122 Å². The van der Waals surface area contributed by atoms with E-state index in [9.17, 15) is 14.4 Å². The van der Waals surface area contributed by atoms with Gasteiger partial charge in [-0.15, -0.1) is 0 Å². The number of para-hydroxylation sites is 1. The van der Waals surface area contributed by atoms with Crippen LogP contribution in [0.5, 0.6) is 11.5 Å². The van der Waals surface area contributed by atoms with Gasteiger partial charge in [0.2, 0.25) is 11.8 Å². The predicted octanol–water partition coefficient (Wildman–Crippen LogP) is 4.17. The molecule has 2 heterocycles. The maximum Gasteiger partial charge on any atom is 0.270 e. The van der Waals surface area contributed by atoms with Crippen LogP contribution in [-0.2, 0) is 20.8 Å². The second kappa shape index (κ2) is 13.3. The minimum Gasteiger partial charge on any atom is -0.497 e. The number of amidine groups is 2. The van der Waals surface area contributed by atoms with Gasteiger partial charge in [0.05, 0.1) is 31.3 Å². The van der Waals surface area contributed by atoms with Crippen molar-refractivity contribution in [2.45, 2.75) is 25.3 Å². The van der Waals surface area contributed by atoms with Crippen LogP contribution in [-0.4, -0.2) is 66.2 Å². The molecule has 0 aliphatic carbocycles. The Morgan fingerprint density at radius 3 is 2.52 bits per heavy atom. The molecule has 1 atom stereocenters. The Morgan fingerprint density at radius 1 is 0.952 bits per heavy atom. The van der Waals surface area contributed by atoms with E-state index < -0.39 is 6.04 Å². The Bertz CT molecular complexity index is 1540. The monoisotopic (exact) mass is 585 g/mol. The number of rotatable bonds is 11. The zero-order valence-corrected chi connectivity index (χ0v) is 24.1. The van der Waals surface area contributed by atoms with E-state index in [2.05, 4.69) is 15.6 Å². The van der Waals surface area contributed by atoms with E-state index in [1.165, 1.54) is 18.9 Å². The van der Waals surface area contributed by atoms with Crippen LogP contribution < -0.4 is 20.1 Å². The predicted molar refractivity (Wildman–Crippen MR) is 164 cm³/mol. The highest BCUT2D eigenvalue weighted by Crippen LogP contribution is 2.35. The summed E-state index contributed by atoms with van der Waals surface area (Å²) in [5, 5.41) is 6.27. The zero-order valence-electron chi connectivity index (χ0n) is 23.3. The minimum absolute atomic E-state index is 0.0199. The smallest absolute Gasteiger partial charge is 0.270 e. The molecule has 10 nitrogen and oxygen atoms in total. The Balaban J connectivity index is 1.25. The molecule has 0 saturated heterocycles. The quantitative estimate of drug-likeness (QED) is 0.346. The molecule has 1 unspecified atom stereocenters. The second-order valence-electron chi connectivity index (χ2n) is 9.60. The molecule has 0 radical (unpaired) electrons. The number of fused-ring (bicyclic) bond motifs is 3. The number of hydrogen-bond donors (Lipinski definition) is 2. The van der Waals surface area contributed by atoms with E-state index in [1.54, 1.807) is 30.2 Å². The number of ether oxygens (including phenoxy) is 2. The number of nitrogens with one attached hydrogen (secondary N) is 2. The molecule has 5 rings (SSSR count). The van der Waals surface area contributed by atoms with Crippen LogP contribution >= 0.6 is 11.8 Å². The van der Waals surface area contributed by atoms with Gasteiger partial charge in [-0.25, -0.2) is 4.99 Å². The standard InChI is InChI=1S/C31H31N5O5S/c1-40-21-12-14-26(41-2)24(18-21)33-28(38)19-42-31-34-23-11-7-6-10-22(23)29-35-30(39)25(36(29)31)13-15-27(37)32-17-16-20-8-4-3-5-9-20/h3-12,14,18,25H,13,15-17,19H2,1-2H3,(H,32,37)(H,33,38). The van der Waals surface area contributed by atoms with E-state index in [1.807, 2.05) is 54.6 Å². The van der Waals surface area contributed by atoms with Crippen LogP contribution in [0.1, 0.15) is 24.0 Å². The average molecular weight is 586 g/mol. The molecular formula is C31H31N5O5S. The average Bonchev–Trinajstić information content (AvgIpc) is 3.35. The summed E-state index contributed by atoms with van der Waals surface area (Å²) in [5.74, 6) is 0.825. The summed E-state index contributed by atoms with van der Waals surface area (Å²) in [6, 6.07) is 21.8. The molecule has 0 bridgehead atoms. The summed E-state index contributed by atoms with van der Waals surface area (Å²) in [6.45, 7) is 0.510. The van der Waals surface area contributed by atoms with Gasteiger partial charge >= 0.3 is 0 Å². The number of anilines is 1. The first kappa shape index (κ1) is 28.9. The van der Waals surface area contributed by atoms with Gasteiger partial charge in [-0.1, -0.05) is 54.2 Å². The summed E-state index contributed by atoms with van der Waals surface area (Å²) in [5.41, 5.74) is 3.02. The lowest BCUT2D eigenvalue weighted by Gasteiger charge is -2.31. The van der Waals surface area contributed by atoms with E-state index >= 15 is 0 Å². The van der Waals surface area contributed by atoms with Gasteiger partial charge in [0, 0.05) is 24.6 Å². The van der Waals surface area contributed by atoms with Gasteiger partial charge in [-0.05, 0) is 42.7 Å². The summed E-state index contributed by atoms with van der Waals surface area (Å²) in [6.07, 6.45) is 1.14. The van der Waals surface area contributed by atoms with Gasteiger partial charge in [0.25, 0.3) is 5.91 Å². The van der Waals surface area contributed by atoms with Gasteiger partial charge in [0.15, 0.2) is 5.17 Å². The fourth-order valence-corrected chi connectivity index (χ4v) is 5.60. The summed E-state index contributed by atoms with van der Waals surface area (Å²) in [7, 11) is 3.07. The van der Waals surface area contributed by atoms with E-state index in [0.29, 0.717) is 40.4 Å². The Labute approximate surface area is 248 Å².